The first-order valence-electron chi connectivity index (χ1n) is 5.22. The summed E-state index contributed by atoms with van der Waals surface area (Å²) in [6, 6.07) is 7.30. The lowest BCUT2D eigenvalue weighted by molar-refractivity contribution is 0.0989. The van der Waals surface area contributed by atoms with E-state index in [1.807, 2.05) is 0 Å². The van der Waals surface area contributed by atoms with E-state index in [0.717, 1.165) is 0 Å². The fraction of sp³-hybridized carbons (Fsp3) is 0.0769. The number of hydrogen-bond donors (Lipinski definition) is 0. The molecule has 2 rings (SSSR count). The Bertz CT molecular complexity index is 574. The molecule has 0 bridgehead atoms. The normalized spacial score (nSPS) is 10.2. The number of carbonyl (C=O) groups excluding carboxylic acids is 1. The first-order valence-corrected chi connectivity index (χ1v) is 5.60. The van der Waals surface area contributed by atoms with E-state index >= 15 is 0 Å². The molecule has 18 heavy (non-hydrogen) atoms. The van der Waals surface area contributed by atoms with Crippen LogP contribution in [0.1, 0.15) is 10.4 Å². The lowest BCUT2D eigenvalue weighted by atomic mass is 10.2. The van der Waals surface area contributed by atoms with Crippen LogP contribution in [0.3, 0.4) is 0 Å². The van der Waals surface area contributed by atoms with E-state index in [0.29, 0.717) is 10.7 Å². The minimum atomic E-state index is -0.597. The summed E-state index contributed by atoms with van der Waals surface area (Å²) in [6.45, 7) is 0. The van der Waals surface area contributed by atoms with Crippen LogP contribution in [0, 0.1) is 5.82 Å². The molecule has 0 fully saturated rings. The standard InChI is InChI=1S/C13H10ClFN2O/c1-17(10-3-2-6-16-8-10)13(18)11-7-9(14)4-5-12(11)15/h2-8H,1H3. The average molecular weight is 265 g/mol. The van der Waals surface area contributed by atoms with Crippen LogP contribution in [0.15, 0.2) is 42.7 Å². The maximum absolute atomic E-state index is 13.6. The SMILES string of the molecule is CN(C(=O)c1cc(Cl)ccc1F)c1cccnc1. The summed E-state index contributed by atoms with van der Waals surface area (Å²) in [5, 5.41) is 0.319. The van der Waals surface area contributed by atoms with Crippen LogP contribution in [-0.2, 0) is 0 Å². The number of amides is 1. The molecular weight excluding hydrogens is 255 g/mol. The Balaban J connectivity index is 2.34. The summed E-state index contributed by atoms with van der Waals surface area (Å²) >= 11 is 5.76. The van der Waals surface area contributed by atoms with Gasteiger partial charge in [-0.05, 0) is 30.3 Å². The van der Waals surface area contributed by atoms with Crippen molar-refractivity contribution in [2.75, 3.05) is 11.9 Å². The lowest BCUT2D eigenvalue weighted by Gasteiger charge is -2.17. The van der Waals surface area contributed by atoms with Gasteiger partial charge in [-0.3, -0.25) is 9.78 Å². The van der Waals surface area contributed by atoms with E-state index in [2.05, 4.69) is 4.98 Å². The highest BCUT2D eigenvalue weighted by atomic mass is 35.5. The number of benzene rings is 1. The third-order valence-corrected chi connectivity index (χ3v) is 2.73. The predicted molar refractivity (Wildman–Crippen MR) is 68.4 cm³/mol. The minimum absolute atomic E-state index is 0.0612. The molecule has 1 aromatic carbocycles. The molecule has 0 radical (unpaired) electrons. The number of halogens is 2. The molecule has 5 heteroatoms. The number of hydrogen-bond acceptors (Lipinski definition) is 2. The van der Waals surface area contributed by atoms with Crippen LogP contribution in [0.25, 0.3) is 0 Å². The first-order chi connectivity index (χ1) is 8.59. The van der Waals surface area contributed by atoms with E-state index in [-0.39, 0.29) is 5.56 Å². The molecule has 0 aliphatic heterocycles. The van der Waals surface area contributed by atoms with Crippen molar-refractivity contribution in [2.45, 2.75) is 0 Å². The van der Waals surface area contributed by atoms with Crippen molar-refractivity contribution in [1.82, 2.24) is 4.98 Å². The molecule has 1 amide bonds. The molecule has 0 aliphatic rings. The average Bonchev–Trinajstić information content (AvgIpc) is 2.41. The Morgan fingerprint density at radius 3 is 2.83 bits per heavy atom. The molecular formula is C13H10ClFN2O. The van der Waals surface area contributed by atoms with E-state index < -0.39 is 11.7 Å². The second kappa shape index (κ2) is 5.14. The third-order valence-electron chi connectivity index (χ3n) is 2.50. The number of anilines is 1. The van der Waals surface area contributed by atoms with Crippen molar-refractivity contribution in [3.8, 4) is 0 Å². The lowest BCUT2D eigenvalue weighted by Crippen LogP contribution is -2.27. The second-order valence-electron chi connectivity index (χ2n) is 3.70. The molecule has 1 aromatic heterocycles. The zero-order valence-electron chi connectivity index (χ0n) is 9.60. The fourth-order valence-electron chi connectivity index (χ4n) is 1.51. The molecule has 0 saturated heterocycles. The molecule has 0 N–H and O–H groups in total. The van der Waals surface area contributed by atoms with Gasteiger partial charge in [-0.2, -0.15) is 0 Å². The van der Waals surface area contributed by atoms with Crippen molar-refractivity contribution in [1.29, 1.82) is 0 Å². The molecule has 1 heterocycles. The van der Waals surface area contributed by atoms with Gasteiger partial charge in [0.25, 0.3) is 5.91 Å². The van der Waals surface area contributed by atoms with Crippen LogP contribution in [-0.4, -0.2) is 17.9 Å². The number of nitrogens with zero attached hydrogens (tertiary/aromatic N) is 2. The van der Waals surface area contributed by atoms with Crippen molar-refractivity contribution in [3.63, 3.8) is 0 Å². The Labute approximate surface area is 109 Å². The van der Waals surface area contributed by atoms with Crippen LogP contribution in [0.2, 0.25) is 5.02 Å². The summed E-state index contributed by atoms with van der Waals surface area (Å²) in [4.78, 5) is 17.3. The molecule has 0 spiro atoms. The quantitative estimate of drug-likeness (QED) is 0.835. The Morgan fingerprint density at radius 2 is 2.17 bits per heavy atom. The number of rotatable bonds is 2. The third kappa shape index (κ3) is 2.49. The van der Waals surface area contributed by atoms with Crippen LogP contribution in [0.4, 0.5) is 10.1 Å². The van der Waals surface area contributed by atoms with E-state index in [9.17, 15) is 9.18 Å². The monoisotopic (exact) mass is 264 g/mol. The molecule has 0 unspecified atom stereocenters. The molecule has 0 aliphatic carbocycles. The largest absolute Gasteiger partial charge is 0.310 e. The zero-order valence-corrected chi connectivity index (χ0v) is 10.4. The molecule has 0 atom stereocenters. The fourth-order valence-corrected chi connectivity index (χ4v) is 1.68. The van der Waals surface area contributed by atoms with Gasteiger partial charge in [0.1, 0.15) is 5.82 Å². The van der Waals surface area contributed by atoms with E-state index in [1.165, 1.54) is 29.3 Å². The number of carbonyl (C=O) groups is 1. The molecule has 2 aromatic rings. The smallest absolute Gasteiger partial charge is 0.261 e. The number of pyridine rings is 1. The van der Waals surface area contributed by atoms with Gasteiger partial charge >= 0.3 is 0 Å². The number of aromatic nitrogens is 1. The minimum Gasteiger partial charge on any atom is -0.310 e. The van der Waals surface area contributed by atoms with Crippen LogP contribution in [0.5, 0.6) is 0 Å². The summed E-state index contributed by atoms with van der Waals surface area (Å²) < 4.78 is 13.6. The first kappa shape index (κ1) is 12.5. The topological polar surface area (TPSA) is 33.2 Å². The van der Waals surface area contributed by atoms with Crippen LogP contribution >= 0.6 is 11.6 Å². The zero-order chi connectivity index (χ0) is 13.1. The van der Waals surface area contributed by atoms with Gasteiger partial charge < -0.3 is 4.90 Å². The second-order valence-corrected chi connectivity index (χ2v) is 4.14. The summed E-state index contributed by atoms with van der Waals surface area (Å²) in [7, 11) is 1.56. The Hall–Kier alpha value is -1.94. The van der Waals surface area contributed by atoms with Gasteiger partial charge in [0, 0.05) is 18.3 Å². The Morgan fingerprint density at radius 1 is 1.39 bits per heavy atom. The summed E-state index contributed by atoms with van der Waals surface area (Å²) in [6.07, 6.45) is 3.13. The van der Waals surface area contributed by atoms with Gasteiger partial charge in [-0.1, -0.05) is 11.6 Å². The van der Waals surface area contributed by atoms with Gasteiger partial charge in [0.2, 0.25) is 0 Å². The van der Waals surface area contributed by atoms with Gasteiger partial charge in [0.15, 0.2) is 0 Å². The van der Waals surface area contributed by atoms with Crippen molar-refractivity contribution in [3.05, 3.63) is 59.1 Å². The molecule has 3 nitrogen and oxygen atoms in total. The maximum atomic E-state index is 13.6. The highest BCUT2D eigenvalue weighted by molar-refractivity contribution is 6.31. The highest BCUT2D eigenvalue weighted by Crippen LogP contribution is 2.19. The van der Waals surface area contributed by atoms with Crippen molar-refractivity contribution < 1.29 is 9.18 Å². The van der Waals surface area contributed by atoms with Crippen LogP contribution < -0.4 is 4.90 Å². The highest BCUT2D eigenvalue weighted by Gasteiger charge is 2.17. The summed E-state index contributed by atoms with van der Waals surface area (Å²) in [5.41, 5.74) is 0.524. The summed E-state index contributed by atoms with van der Waals surface area (Å²) in [5.74, 6) is -1.07. The van der Waals surface area contributed by atoms with Crippen molar-refractivity contribution in [2.24, 2.45) is 0 Å². The molecule has 0 saturated carbocycles. The Kier molecular flexibility index (Phi) is 3.58. The van der Waals surface area contributed by atoms with E-state index in [1.54, 1.807) is 25.4 Å². The molecule has 92 valence electrons. The maximum Gasteiger partial charge on any atom is 0.261 e. The van der Waals surface area contributed by atoms with Crippen molar-refractivity contribution >= 4 is 23.2 Å². The van der Waals surface area contributed by atoms with Gasteiger partial charge in [-0.25, -0.2) is 4.39 Å². The predicted octanol–water partition coefficient (Wildman–Crippen LogP) is 3.15. The van der Waals surface area contributed by atoms with Gasteiger partial charge in [0.05, 0.1) is 17.4 Å². The van der Waals surface area contributed by atoms with Gasteiger partial charge in [-0.15, -0.1) is 0 Å². The van der Waals surface area contributed by atoms with E-state index in [4.69, 9.17) is 11.6 Å².